The summed E-state index contributed by atoms with van der Waals surface area (Å²) in [5, 5.41) is 20.3. The number of phenols is 1. The van der Waals surface area contributed by atoms with E-state index in [1.165, 1.54) is 6.07 Å². The van der Waals surface area contributed by atoms with Crippen molar-refractivity contribution in [3.63, 3.8) is 0 Å². The minimum Gasteiger partial charge on any atom is -0.508 e. The fourth-order valence-electron chi connectivity index (χ4n) is 0.940. The Bertz CT molecular complexity index is 321. The molecule has 0 radical (unpaired) electrons. The Hall–Kier alpha value is -1.71. The van der Waals surface area contributed by atoms with Crippen LogP contribution in [0.5, 0.6) is 5.75 Å². The van der Waals surface area contributed by atoms with Gasteiger partial charge in [-0.1, -0.05) is 11.2 Å². The molecular weight excluding hydrogens is 156 g/mol. The molecule has 0 fully saturated rings. The predicted octanol–water partition coefficient (Wildman–Crippen LogP) is 0.795. The lowest BCUT2D eigenvalue weighted by Gasteiger charge is -2.03. The standard InChI is InChI=1S/C8H10N2O2/c1-5-2-3-6(11)4-7(5)8(9)10-12/h2-4,11-12H,1H3,(H2,9,10). The van der Waals surface area contributed by atoms with Crippen LogP contribution in [-0.4, -0.2) is 16.1 Å². The smallest absolute Gasteiger partial charge is 0.170 e. The number of nitrogens with two attached hydrogens (primary N) is 1. The summed E-state index contributed by atoms with van der Waals surface area (Å²) in [4.78, 5) is 0. The molecule has 0 saturated heterocycles. The van der Waals surface area contributed by atoms with Crippen LogP contribution in [0, 0.1) is 6.92 Å². The van der Waals surface area contributed by atoms with Crippen LogP contribution in [0.2, 0.25) is 0 Å². The van der Waals surface area contributed by atoms with E-state index in [0.29, 0.717) is 5.56 Å². The molecule has 0 aliphatic rings. The second-order valence-corrected chi connectivity index (χ2v) is 2.48. The van der Waals surface area contributed by atoms with E-state index >= 15 is 0 Å². The summed E-state index contributed by atoms with van der Waals surface area (Å²) in [7, 11) is 0. The van der Waals surface area contributed by atoms with Gasteiger partial charge in [0.05, 0.1) is 0 Å². The average molecular weight is 166 g/mol. The number of aryl methyl sites for hydroxylation is 1. The van der Waals surface area contributed by atoms with Crippen molar-refractivity contribution in [2.24, 2.45) is 10.9 Å². The fraction of sp³-hybridized carbons (Fsp3) is 0.125. The van der Waals surface area contributed by atoms with Gasteiger partial charge in [-0.3, -0.25) is 0 Å². The molecule has 1 aromatic carbocycles. The summed E-state index contributed by atoms with van der Waals surface area (Å²) >= 11 is 0. The van der Waals surface area contributed by atoms with Crippen LogP contribution >= 0.6 is 0 Å². The van der Waals surface area contributed by atoms with Gasteiger partial charge >= 0.3 is 0 Å². The summed E-state index contributed by atoms with van der Waals surface area (Å²) in [6.45, 7) is 1.81. The first kappa shape index (κ1) is 8.39. The van der Waals surface area contributed by atoms with E-state index < -0.39 is 0 Å². The van der Waals surface area contributed by atoms with E-state index in [9.17, 15) is 0 Å². The molecule has 12 heavy (non-hydrogen) atoms. The Morgan fingerprint density at radius 1 is 1.50 bits per heavy atom. The number of rotatable bonds is 1. The van der Waals surface area contributed by atoms with Crippen molar-refractivity contribution in [3.05, 3.63) is 29.3 Å². The van der Waals surface area contributed by atoms with Gasteiger partial charge in [0.2, 0.25) is 0 Å². The zero-order valence-electron chi connectivity index (χ0n) is 6.65. The lowest BCUT2D eigenvalue weighted by molar-refractivity contribution is 0.318. The van der Waals surface area contributed by atoms with Crippen LogP contribution in [-0.2, 0) is 0 Å². The number of amidine groups is 1. The van der Waals surface area contributed by atoms with E-state index in [1.54, 1.807) is 12.1 Å². The second-order valence-electron chi connectivity index (χ2n) is 2.48. The van der Waals surface area contributed by atoms with Crippen LogP contribution in [0.3, 0.4) is 0 Å². The number of hydrogen-bond acceptors (Lipinski definition) is 3. The third-order valence-corrected chi connectivity index (χ3v) is 1.60. The lowest BCUT2D eigenvalue weighted by Crippen LogP contribution is -2.14. The normalized spacial score (nSPS) is 11.6. The van der Waals surface area contributed by atoms with Gasteiger partial charge in [-0.25, -0.2) is 0 Å². The van der Waals surface area contributed by atoms with Gasteiger partial charge in [-0.05, 0) is 24.6 Å². The van der Waals surface area contributed by atoms with E-state index in [2.05, 4.69) is 5.16 Å². The highest BCUT2D eigenvalue weighted by Gasteiger charge is 2.03. The molecule has 4 N–H and O–H groups in total. The molecule has 0 aliphatic carbocycles. The molecule has 0 unspecified atom stereocenters. The maximum atomic E-state index is 9.09. The molecule has 0 heterocycles. The van der Waals surface area contributed by atoms with Gasteiger partial charge in [-0.2, -0.15) is 0 Å². The van der Waals surface area contributed by atoms with Crippen LogP contribution in [0.1, 0.15) is 11.1 Å². The Labute approximate surface area is 69.9 Å². The van der Waals surface area contributed by atoms with E-state index in [1.807, 2.05) is 6.92 Å². The van der Waals surface area contributed by atoms with Crippen molar-refractivity contribution < 1.29 is 10.3 Å². The molecule has 0 bridgehead atoms. The summed E-state index contributed by atoms with van der Waals surface area (Å²) in [5.41, 5.74) is 6.74. The van der Waals surface area contributed by atoms with Crippen molar-refractivity contribution >= 4 is 5.84 Å². The quantitative estimate of drug-likeness (QED) is 0.250. The van der Waals surface area contributed by atoms with Gasteiger partial charge in [0.15, 0.2) is 5.84 Å². The summed E-state index contributed by atoms with van der Waals surface area (Å²) in [5.74, 6) is 0.102. The summed E-state index contributed by atoms with van der Waals surface area (Å²) in [6.07, 6.45) is 0. The molecular formula is C8H10N2O2. The van der Waals surface area contributed by atoms with Crippen molar-refractivity contribution in [1.29, 1.82) is 0 Å². The molecule has 0 spiro atoms. The van der Waals surface area contributed by atoms with Gasteiger partial charge < -0.3 is 16.0 Å². The minimum atomic E-state index is 0.00315. The molecule has 4 nitrogen and oxygen atoms in total. The van der Waals surface area contributed by atoms with Crippen LogP contribution in [0.4, 0.5) is 0 Å². The molecule has 4 heteroatoms. The molecule has 1 rings (SSSR count). The first-order valence-corrected chi connectivity index (χ1v) is 3.42. The largest absolute Gasteiger partial charge is 0.508 e. The van der Waals surface area contributed by atoms with E-state index in [0.717, 1.165) is 5.56 Å². The molecule has 0 saturated carbocycles. The monoisotopic (exact) mass is 166 g/mol. The van der Waals surface area contributed by atoms with Crippen molar-refractivity contribution in [2.75, 3.05) is 0 Å². The highest BCUT2D eigenvalue weighted by molar-refractivity contribution is 5.98. The van der Waals surface area contributed by atoms with Gasteiger partial charge in [0.25, 0.3) is 0 Å². The maximum absolute atomic E-state index is 9.09. The first-order valence-electron chi connectivity index (χ1n) is 3.42. The maximum Gasteiger partial charge on any atom is 0.170 e. The topological polar surface area (TPSA) is 78.8 Å². The van der Waals surface area contributed by atoms with Crippen molar-refractivity contribution in [2.45, 2.75) is 6.92 Å². The molecule has 0 amide bonds. The molecule has 0 atom stereocenters. The number of benzene rings is 1. The zero-order chi connectivity index (χ0) is 9.14. The van der Waals surface area contributed by atoms with Crippen LogP contribution in [0.25, 0.3) is 0 Å². The van der Waals surface area contributed by atoms with Gasteiger partial charge in [-0.15, -0.1) is 0 Å². The first-order chi connectivity index (χ1) is 5.65. The molecule has 1 aromatic rings. The van der Waals surface area contributed by atoms with Gasteiger partial charge in [0.1, 0.15) is 5.75 Å². The Morgan fingerprint density at radius 2 is 2.17 bits per heavy atom. The number of oxime groups is 1. The number of aromatic hydroxyl groups is 1. The summed E-state index contributed by atoms with van der Waals surface area (Å²) in [6, 6.07) is 4.69. The summed E-state index contributed by atoms with van der Waals surface area (Å²) < 4.78 is 0. The van der Waals surface area contributed by atoms with Crippen LogP contribution in [0.15, 0.2) is 23.4 Å². The Morgan fingerprint density at radius 3 is 2.75 bits per heavy atom. The third-order valence-electron chi connectivity index (χ3n) is 1.60. The van der Waals surface area contributed by atoms with Crippen molar-refractivity contribution in [3.8, 4) is 5.75 Å². The van der Waals surface area contributed by atoms with Crippen LogP contribution < -0.4 is 5.73 Å². The average Bonchev–Trinajstić information content (AvgIpc) is 2.08. The Balaban J connectivity index is 3.23. The van der Waals surface area contributed by atoms with E-state index in [-0.39, 0.29) is 11.6 Å². The highest BCUT2D eigenvalue weighted by Crippen LogP contribution is 2.15. The van der Waals surface area contributed by atoms with Gasteiger partial charge in [0, 0.05) is 5.56 Å². The highest BCUT2D eigenvalue weighted by atomic mass is 16.4. The molecule has 0 aliphatic heterocycles. The SMILES string of the molecule is Cc1ccc(O)cc1/C(N)=N/O. The predicted molar refractivity (Wildman–Crippen MR) is 45.4 cm³/mol. The number of hydrogen-bond donors (Lipinski definition) is 3. The molecule has 64 valence electrons. The van der Waals surface area contributed by atoms with E-state index in [4.69, 9.17) is 16.0 Å². The third kappa shape index (κ3) is 1.47. The minimum absolute atomic E-state index is 0.00315. The Kier molecular flexibility index (Phi) is 2.19. The lowest BCUT2D eigenvalue weighted by atomic mass is 10.1. The zero-order valence-corrected chi connectivity index (χ0v) is 6.65. The molecule has 0 aromatic heterocycles. The second kappa shape index (κ2) is 3.13. The number of phenolic OH excluding ortho intramolecular Hbond substituents is 1. The number of nitrogens with zero attached hydrogens (tertiary/aromatic N) is 1. The fourth-order valence-corrected chi connectivity index (χ4v) is 0.940. The van der Waals surface area contributed by atoms with Crippen molar-refractivity contribution in [1.82, 2.24) is 0 Å².